The van der Waals surface area contributed by atoms with Gasteiger partial charge in [-0.25, -0.2) is 4.39 Å². The molecule has 0 saturated heterocycles. The number of aliphatic hydroxyl groups excluding tert-OH is 1. The lowest BCUT2D eigenvalue weighted by molar-refractivity contribution is -0.129. The van der Waals surface area contributed by atoms with Crippen LogP contribution in [-0.4, -0.2) is 22.0 Å². The highest BCUT2D eigenvalue weighted by Gasteiger charge is 2.45. The van der Waals surface area contributed by atoms with Crippen LogP contribution in [0.5, 0.6) is 0 Å². The molecule has 2 aliphatic rings. The minimum absolute atomic E-state index is 0.0232. The molecular weight excluding hydrogens is 401 g/mol. The number of aliphatic hydroxyl groups is 1. The standard InChI is InChI=1S/C28H26FNO2/c1-2-17-3-5-18(6-4-17)11-27(31)28(32)22-14-19-12-21(13-20(19)15-22)24-9-10-30-26-8-7-23(29)16-25(24)26/h1,3-10,16,19-22,28,32H,11-15H2/t19-,20+,21?,22?,28?. The first-order valence-corrected chi connectivity index (χ1v) is 11.3. The number of carbonyl (C=O) groups is 1. The number of hydrogen-bond acceptors (Lipinski definition) is 3. The lowest BCUT2D eigenvalue weighted by Crippen LogP contribution is -2.30. The van der Waals surface area contributed by atoms with E-state index >= 15 is 0 Å². The molecule has 3 unspecified atom stereocenters. The number of pyridine rings is 1. The van der Waals surface area contributed by atoms with E-state index in [2.05, 4.69) is 10.9 Å². The summed E-state index contributed by atoms with van der Waals surface area (Å²) in [6.07, 6.45) is 10.3. The van der Waals surface area contributed by atoms with Gasteiger partial charge in [0.2, 0.25) is 0 Å². The van der Waals surface area contributed by atoms with Crippen molar-refractivity contribution in [1.82, 2.24) is 4.98 Å². The molecule has 0 aliphatic heterocycles. The maximum absolute atomic E-state index is 13.8. The molecule has 0 amide bonds. The van der Waals surface area contributed by atoms with E-state index in [1.165, 1.54) is 11.6 Å². The van der Waals surface area contributed by atoms with Crippen molar-refractivity contribution in [3.8, 4) is 12.3 Å². The third kappa shape index (κ3) is 3.94. The van der Waals surface area contributed by atoms with Crippen LogP contribution < -0.4 is 0 Å². The van der Waals surface area contributed by atoms with E-state index < -0.39 is 6.10 Å². The number of hydrogen-bond donors (Lipinski definition) is 1. The monoisotopic (exact) mass is 427 g/mol. The summed E-state index contributed by atoms with van der Waals surface area (Å²) in [5.41, 5.74) is 3.66. The van der Waals surface area contributed by atoms with E-state index in [4.69, 9.17) is 6.42 Å². The van der Waals surface area contributed by atoms with Crippen molar-refractivity contribution < 1.29 is 14.3 Å². The number of nitrogens with zero attached hydrogens (tertiary/aromatic N) is 1. The van der Waals surface area contributed by atoms with Gasteiger partial charge in [-0.1, -0.05) is 18.1 Å². The van der Waals surface area contributed by atoms with Gasteiger partial charge < -0.3 is 5.11 Å². The van der Waals surface area contributed by atoms with Crippen LogP contribution in [0.1, 0.15) is 48.3 Å². The number of Topliss-reactive ketones (excluding diaryl/α,β-unsaturated/α-hetero) is 1. The molecule has 162 valence electrons. The Morgan fingerprint density at radius 2 is 1.81 bits per heavy atom. The topological polar surface area (TPSA) is 50.2 Å². The summed E-state index contributed by atoms with van der Waals surface area (Å²) in [6, 6.07) is 14.2. The van der Waals surface area contributed by atoms with Gasteiger partial charge >= 0.3 is 0 Å². The minimum Gasteiger partial charge on any atom is -0.385 e. The fraction of sp³-hybridized carbons (Fsp3) is 0.357. The highest BCUT2D eigenvalue weighted by Crippen LogP contribution is 2.53. The van der Waals surface area contributed by atoms with Crippen molar-refractivity contribution in [3.63, 3.8) is 0 Å². The Labute approximate surface area is 187 Å². The summed E-state index contributed by atoms with van der Waals surface area (Å²) in [5.74, 6) is 3.62. The minimum atomic E-state index is -0.915. The summed E-state index contributed by atoms with van der Waals surface area (Å²) in [7, 11) is 0. The maximum atomic E-state index is 13.8. The molecule has 2 aliphatic carbocycles. The summed E-state index contributed by atoms with van der Waals surface area (Å²) in [6.45, 7) is 0. The predicted molar refractivity (Wildman–Crippen MR) is 122 cm³/mol. The van der Waals surface area contributed by atoms with Gasteiger partial charge in [-0.2, -0.15) is 0 Å². The fourth-order valence-electron chi connectivity index (χ4n) is 5.96. The molecule has 32 heavy (non-hydrogen) atoms. The zero-order valence-corrected chi connectivity index (χ0v) is 17.9. The first-order chi connectivity index (χ1) is 15.5. The molecule has 5 atom stereocenters. The van der Waals surface area contributed by atoms with Crippen molar-refractivity contribution in [2.75, 3.05) is 0 Å². The van der Waals surface area contributed by atoms with Crippen molar-refractivity contribution in [2.45, 2.75) is 44.1 Å². The quantitative estimate of drug-likeness (QED) is 0.580. The lowest BCUT2D eigenvalue weighted by atomic mass is 9.87. The van der Waals surface area contributed by atoms with Crippen LogP contribution in [0.4, 0.5) is 4.39 Å². The van der Waals surface area contributed by atoms with Crippen molar-refractivity contribution in [1.29, 1.82) is 0 Å². The van der Waals surface area contributed by atoms with Crippen LogP contribution in [0, 0.1) is 35.9 Å². The Bertz CT molecular complexity index is 1180. The fourth-order valence-corrected chi connectivity index (χ4v) is 5.96. The molecule has 0 radical (unpaired) electrons. The summed E-state index contributed by atoms with van der Waals surface area (Å²) in [4.78, 5) is 17.1. The van der Waals surface area contributed by atoms with Crippen LogP contribution in [0.15, 0.2) is 54.7 Å². The van der Waals surface area contributed by atoms with E-state index in [9.17, 15) is 14.3 Å². The molecule has 0 spiro atoms. The van der Waals surface area contributed by atoms with Gasteiger partial charge in [0.05, 0.1) is 5.52 Å². The zero-order valence-electron chi connectivity index (χ0n) is 17.9. The van der Waals surface area contributed by atoms with E-state index in [0.29, 0.717) is 17.8 Å². The largest absolute Gasteiger partial charge is 0.385 e. The predicted octanol–water partition coefficient (Wildman–Crippen LogP) is 5.05. The summed E-state index contributed by atoms with van der Waals surface area (Å²) >= 11 is 0. The molecule has 1 aromatic heterocycles. The number of benzene rings is 2. The van der Waals surface area contributed by atoms with Gasteiger partial charge in [-0.15, -0.1) is 6.42 Å². The van der Waals surface area contributed by atoms with Crippen molar-refractivity contribution >= 4 is 16.7 Å². The normalized spacial score (nSPS) is 25.4. The third-order valence-electron chi connectivity index (χ3n) is 7.50. The number of fused-ring (bicyclic) bond motifs is 2. The van der Waals surface area contributed by atoms with Gasteiger partial charge in [0.1, 0.15) is 11.9 Å². The summed E-state index contributed by atoms with van der Waals surface area (Å²) in [5, 5.41) is 11.7. The zero-order chi connectivity index (χ0) is 22.2. The molecular formula is C28H26FNO2. The lowest BCUT2D eigenvalue weighted by Gasteiger charge is -2.20. The van der Waals surface area contributed by atoms with E-state index in [1.807, 2.05) is 36.5 Å². The van der Waals surface area contributed by atoms with Crippen molar-refractivity contribution in [2.24, 2.45) is 17.8 Å². The molecule has 5 rings (SSSR count). The van der Waals surface area contributed by atoms with E-state index in [0.717, 1.165) is 47.7 Å². The Hall–Kier alpha value is -3.03. The van der Waals surface area contributed by atoms with Crippen LogP contribution >= 0.6 is 0 Å². The van der Waals surface area contributed by atoms with Crippen LogP contribution in [-0.2, 0) is 11.2 Å². The number of carbonyl (C=O) groups excluding carboxylic acids is 1. The molecule has 3 aromatic rings. The maximum Gasteiger partial charge on any atom is 0.165 e. The first-order valence-electron chi connectivity index (χ1n) is 11.3. The molecule has 2 aromatic carbocycles. The number of ketones is 1. The molecule has 1 N–H and O–H groups in total. The number of terminal acetylenes is 1. The van der Waals surface area contributed by atoms with Crippen LogP contribution in [0.25, 0.3) is 10.9 Å². The molecule has 4 heteroatoms. The molecule has 2 fully saturated rings. The number of rotatable bonds is 5. The number of halogens is 1. The Kier molecular flexibility index (Phi) is 5.53. The molecule has 1 heterocycles. The van der Waals surface area contributed by atoms with E-state index in [-0.39, 0.29) is 23.9 Å². The molecule has 2 saturated carbocycles. The Balaban J connectivity index is 1.23. The van der Waals surface area contributed by atoms with Gasteiger partial charge in [-0.3, -0.25) is 9.78 Å². The van der Waals surface area contributed by atoms with Gasteiger partial charge in [0.15, 0.2) is 5.78 Å². The first kappa shape index (κ1) is 20.8. The Morgan fingerprint density at radius 3 is 2.50 bits per heavy atom. The van der Waals surface area contributed by atoms with Gasteiger partial charge in [0, 0.05) is 23.6 Å². The average Bonchev–Trinajstić information content (AvgIpc) is 3.38. The van der Waals surface area contributed by atoms with Crippen LogP contribution in [0.2, 0.25) is 0 Å². The SMILES string of the molecule is C#Cc1ccc(CC(=O)C(O)C2C[C@H]3CC(c4ccnc5ccc(F)cc45)C[C@H]3C2)cc1. The molecule has 3 nitrogen and oxygen atoms in total. The average molecular weight is 428 g/mol. The highest BCUT2D eigenvalue weighted by molar-refractivity contribution is 5.85. The third-order valence-corrected chi connectivity index (χ3v) is 7.50. The summed E-state index contributed by atoms with van der Waals surface area (Å²) < 4.78 is 13.8. The number of aromatic nitrogens is 1. The van der Waals surface area contributed by atoms with Gasteiger partial charge in [0.25, 0.3) is 0 Å². The van der Waals surface area contributed by atoms with Gasteiger partial charge in [-0.05, 0) is 96.9 Å². The molecule has 0 bridgehead atoms. The Morgan fingerprint density at radius 1 is 1.09 bits per heavy atom. The second-order valence-electron chi connectivity index (χ2n) is 9.41. The second kappa shape index (κ2) is 8.48. The van der Waals surface area contributed by atoms with Crippen LogP contribution in [0.3, 0.4) is 0 Å². The van der Waals surface area contributed by atoms with E-state index in [1.54, 1.807) is 12.1 Å². The highest BCUT2D eigenvalue weighted by atomic mass is 19.1. The van der Waals surface area contributed by atoms with Crippen molar-refractivity contribution in [3.05, 3.63) is 77.2 Å². The second-order valence-corrected chi connectivity index (χ2v) is 9.41. The smallest absolute Gasteiger partial charge is 0.165 e.